The Morgan fingerprint density at radius 3 is 2.61 bits per heavy atom. The normalized spacial score (nSPS) is 17.4. The van der Waals surface area contributed by atoms with Gasteiger partial charge < -0.3 is 15.5 Å². The van der Waals surface area contributed by atoms with Gasteiger partial charge in [0, 0.05) is 19.6 Å². The lowest BCUT2D eigenvalue weighted by Crippen LogP contribution is -2.40. The lowest BCUT2D eigenvalue weighted by Gasteiger charge is -2.32. The summed E-state index contributed by atoms with van der Waals surface area (Å²) in [6.07, 6.45) is 2.11. The van der Waals surface area contributed by atoms with E-state index in [1.54, 1.807) is 0 Å². The summed E-state index contributed by atoms with van der Waals surface area (Å²) in [5.41, 5.74) is 5.49. The van der Waals surface area contributed by atoms with Crippen molar-refractivity contribution >= 4 is 22.4 Å². The quantitative estimate of drug-likeness (QED) is 0.866. The Bertz CT molecular complexity index is 411. The van der Waals surface area contributed by atoms with Crippen molar-refractivity contribution in [2.24, 2.45) is 5.92 Å². The number of aromatic nitrogens is 2. The second kappa shape index (κ2) is 5.62. The van der Waals surface area contributed by atoms with Crippen LogP contribution in [-0.2, 0) is 0 Å². The van der Waals surface area contributed by atoms with Gasteiger partial charge in [0.25, 0.3) is 5.91 Å². The summed E-state index contributed by atoms with van der Waals surface area (Å²) in [4.78, 5) is 16.2. The van der Waals surface area contributed by atoms with Gasteiger partial charge in [-0.05, 0) is 32.9 Å². The van der Waals surface area contributed by atoms with Crippen LogP contribution in [0.25, 0.3) is 0 Å². The number of amides is 1. The first kappa shape index (κ1) is 13.2. The average Bonchev–Trinajstić information content (AvgIpc) is 2.75. The first-order valence-electron chi connectivity index (χ1n) is 6.09. The van der Waals surface area contributed by atoms with Gasteiger partial charge in [0.15, 0.2) is 0 Å². The number of carbonyl (C=O) groups excluding carboxylic acids is 1. The summed E-state index contributed by atoms with van der Waals surface area (Å²) < 4.78 is 0. The second-order valence-electron chi connectivity index (χ2n) is 4.94. The number of hydrogen-bond donors (Lipinski definition) is 1. The maximum atomic E-state index is 12.1. The molecule has 100 valence electrons. The van der Waals surface area contributed by atoms with E-state index < -0.39 is 0 Å². The number of hydrogen-bond acceptors (Lipinski definition) is 6. The standard InChI is InChI=1S/C11H19N5OS/c1-15(2)7-8-3-5-16(6-4-8)10(17)9-13-14-11(12)18-9/h8H,3-7H2,1-2H3,(H2,12,14). The minimum Gasteiger partial charge on any atom is -0.374 e. The summed E-state index contributed by atoms with van der Waals surface area (Å²) in [7, 11) is 4.17. The SMILES string of the molecule is CN(C)CC1CCN(C(=O)c2nnc(N)s2)CC1. The van der Waals surface area contributed by atoms with Crippen LogP contribution in [0.3, 0.4) is 0 Å². The highest BCUT2D eigenvalue weighted by molar-refractivity contribution is 7.16. The fourth-order valence-corrected chi connectivity index (χ4v) is 2.87. The molecular formula is C11H19N5OS. The first-order chi connectivity index (χ1) is 8.56. The van der Waals surface area contributed by atoms with Gasteiger partial charge in [-0.2, -0.15) is 0 Å². The molecule has 1 fully saturated rings. The number of rotatable bonds is 3. The van der Waals surface area contributed by atoms with Gasteiger partial charge in [-0.3, -0.25) is 4.79 Å². The van der Waals surface area contributed by atoms with Crippen LogP contribution in [0.5, 0.6) is 0 Å². The van der Waals surface area contributed by atoms with Crippen molar-refractivity contribution in [2.75, 3.05) is 39.5 Å². The Kier molecular flexibility index (Phi) is 4.13. The fourth-order valence-electron chi connectivity index (χ4n) is 2.29. The minimum absolute atomic E-state index is 0.0347. The smallest absolute Gasteiger partial charge is 0.284 e. The molecular weight excluding hydrogens is 250 g/mol. The zero-order valence-electron chi connectivity index (χ0n) is 10.8. The van der Waals surface area contributed by atoms with Crippen molar-refractivity contribution in [1.29, 1.82) is 0 Å². The van der Waals surface area contributed by atoms with Crippen molar-refractivity contribution in [2.45, 2.75) is 12.8 Å². The van der Waals surface area contributed by atoms with Gasteiger partial charge in [-0.25, -0.2) is 0 Å². The number of nitrogens with zero attached hydrogens (tertiary/aromatic N) is 4. The largest absolute Gasteiger partial charge is 0.374 e. The molecule has 0 radical (unpaired) electrons. The third-order valence-electron chi connectivity index (χ3n) is 3.15. The fraction of sp³-hybridized carbons (Fsp3) is 0.727. The van der Waals surface area contributed by atoms with Crippen LogP contribution in [0.4, 0.5) is 5.13 Å². The number of carbonyl (C=O) groups is 1. The molecule has 0 saturated carbocycles. The molecule has 0 aromatic carbocycles. The third-order valence-corrected chi connectivity index (χ3v) is 3.89. The molecule has 2 N–H and O–H groups in total. The Hall–Kier alpha value is -1.21. The predicted molar refractivity (Wildman–Crippen MR) is 71.5 cm³/mol. The Balaban J connectivity index is 1.88. The van der Waals surface area contributed by atoms with Crippen LogP contribution < -0.4 is 5.73 Å². The van der Waals surface area contributed by atoms with Gasteiger partial charge in [0.05, 0.1) is 0 Å². The molecule has 1 saturated heterocycles. The van der Waals surface area contributed by atoms with E-state index >= 15 is 0 Å². The van der Waals surface area contributed by atoms with Crippen LogP contribution in [0.1, 0.15) is 22.6 Å². The second-order valence-corrected chi connectivity index (χ2v) is 5.95. The predicted octanol–water partition coefficient (Wildman–Crippen LogP) is 0.534. The van der Waals surface area contributed by atoms with E-state index in [0.29, 0.717) is 16.1 Å². The minimum atomic E-state index is -0.0347. The van der Waals surface area contributed by atoms with Crippen LogP contribution >= 0.6 is 11.3 Å². The number of nitrogens with two attached hydrogens (primary N) is 1. The van der Waals surface area contributed by atoms with Gasteiger partial charge in [-0.15, -0.1) is 10.2 Å². The number of nitrogen functional groups attached to an aromatic ring is 1. The summed E-state index contributed by atoms with van der Waals surface area (Å²) in [5.74, 6) is 0.649. The van der Waals surface area contributed by atoms with E-state index in [1.807, 2.05) is 4.90 Å². The van der Waals surface area contributed by atoms with Gasteiger partial charge in [0.2, 0.25) is 10.1 Å². The van der Waals surface area contributed by atoms with E-state index in [9.17, 15) is 4.79 Å². The highest BCUT2D eigenvalue weighted by Gasteiger charge is 2.25. The maximum Gasteiger partial charge on any atom is 0.284 e. The third kappa shape index (κ3) is 3.17. The lowest BCUT2D eigenvalue weighted by molar-refractivity contribution is 0.0677. The van der Waals surface area contributed by atoms with Gasteiger partial charge in [0.1, 0.15) is 0 Å². The average molecular weight is 269 g/mol. The molecule has 1 aliphatic rings. The van der Waals surface area contributed by atoms with Crippen molar-refractivity contribution in [3.63, 3.8) is 0 Å². The molecule has 1 aromatic rings. The number of piperidine rings is 1. The molecule has 0 spiro atoms. The van der Waals surface area contributed by atoms with Gasteiger partial charge >= 0.3 is 0 Å². The molecule has 1 aliphatic heterocycles. The van der Waals surface area contributed by atoms with Crippen molar-refractivity contribution in [1.82, 2.24) is 20.0 Å². The first-order valence-corrected chi connectivity index (χ1v) is 6.91. The topological polar surface area (TPSA) is 75.3 Å². The van der Waals surface area contributed by atoms with Crippen molar-refractivity contribution in [3.05, 3.63) is 5.01 Å². The maximum absolute atomic E-state index is 12.1. The van der Waals surface area contributed by atoms with Crippen LogP contribution in [-0.4, -0.2) is 59.6 Å². The van der Waals surface area contributed by atoms with Crippen LogP contribution in [0.2, 0.25) is 0 Å². The Morgan fingerprint density at radius 1 is 1.44 bits per heavy atom. The van der Waals surface area contributed by atoms with Crippen molar-refractivity contribution < 1.29 is 4.79 Å². The van der Waals surface area contributed by atoms with E-state index in [-0.39, 0.29) is 5.91 Å². The van der Waals surface area contributed by atoms with E-state index in [2.05, 4.69) is 29.2 Å². The molecule has 0 aliphatic carbocycles. The molecule has 2 heterocycles. The number of anilines is 1. The van der Waals surface area contributed by atoms with Crippen molar-refractivity contribution in [3.8, 4) is 0 Å². The molecule has 0 bridgehead atoms. The summed E-state index contributed by atoms with van der Waals surface area (Å²) in [6, 6.07) is 0. The summed E-state index contributed by atoms with van der Waals surface area (Å²) >= 11 is 1.16. The molecule has 7 heteroatoms. The molecule has 0 atom stereocenters. The Labute approximate surface area is 111 Å². The summed E-state index contributed by atoms with van der Waals surface area (Å²) in [6.45, 7) is 2.70. The van der Waals surface area contributed by atoms with E-state index in [0.717, 1.165) is 43.8 Å². The van der Waals surface area contributed by atoms with E-state index in [4.69, 9.17) is 5.73 Å². The molecule has 0 unspecified atom stereocenters. The Morgan fingerprint density at radius 2 is 2.11 bits per heavy atom. The number of likely N-dealkylation sites (tertiary alicyclic amines) is 1. The van der Waals surface area contributed by atoms with Crippen LogP contribution in [0.15, 0.2) is 0 Å². The molecule has 18 heavy (non-hydrogen) atoms. The molecule has 2 rings (SSSR count). The zero-order valence-corrected chi connectivity index (χ0v) is 11.6. The summed E-state index contributed by atoms with van der Waals surface area (Å²) in [5, 5.41) is 8.23. The highest BCUT2D eigenvalue weighted by atomic mass is 32.1. The van der Waals surface area contributed by atoms with E-state index in [1.165, 1.54) is 0 Å². The molecule has 6 nitrogen and oxygen atoms in total. The van der Waals surface area contributed by atoms with Crippen LogP contribution in [0, 0.1) is 5.92 Å². The zero-order chi connectivity index (χ0) is 13.1. The monoisotopic (exact) mass is 269 g/mol. The van der Waals surface area contributed by atoms with Gasteiger partial charge in [-0.1, -0.05) is 11.3 Å². The molecule has 1 amide bonds. The molecule has 1 aromatic heterocycles. The lowest BCUT2D eigenvalue weighted by atomic mass is 9.96. The highest BCUT2D eigenvalue weighted by Crippen LogP contribution is 2.21.